The van der Waals surface area contributed by atoms with Crippen LogP contribution in [0.4, 0.5) is 15.8 Å². The van der Waals surface area contributed by atoms with Gasteiger partial charge in [0.2, 0.25) is 0 Å². The molecule has 2 rings (SSSR count). The number of piperazine rings is 1. The number of aromatic carboxylic acids is 1. The second-order valence-corrected chi connectivity index (χ2v) is 5.88. The van der Waals surface area contributed by atoms with Gasteiger partial charge >= 0.3 is 5.97 Å². The van der Waals surface area contributed by atoms with E-state index in [0.717, 1.165) is 32.7 Å². The van der Waals surface area contributed by atoms with Gasteiger partial charge < -0.3 is 15.7 Å². The van der Waals surface area contributed by atoms with Gasteiger partial charge in [-0.1, -0.05) is 13.8 Å². The first-order valence-corrected chi connectivity index (χ1v) is 7.18. The summed E-state index contributed by atoms with van der Waals surface area (Å²) in [6, 6.07) is 2.43. The van der Waals surface area contributed by atoms with Crippen LogP contribution in [0.25, 0.3) is 0 Å². The molecule has 0 saturated carbocycles. The zero-order chi connectivity index (χ0) is 15.6. The van der Waals surface area contributed by atoms with Gasteiger partial charge in [-0.2, -0.15) is 0 Å². The highest BCUT2D eigenvalue weighted by atomic mass is 19.1. The molecule has 116 valence electrons. The Bertz CT molecular complexity index is 526. The summed E-state index contributed by atoms with van der Waals surface area (Å²) in [5.41, 5.74) is 6.41. The maximum absolute atomic E-state index is 13.8. The lowest BCUT2D eigenvalue weighted by Gasteiger charge is -2.37. The topological polar surface area (TPSA) is 69.8 Å². The zero-order valence-electron chi connectivity index (χ0n) is 12.5. The molecule has 0 amide bonds. The summed E-state index contributed by atoms with van der Waals surface area (Å²) in [6.45, 7) is 8.76. The molecule has 1 aromatic carbocycles. The standard InChI is InChI=1S/C15H22FN3O2/c1-10(2)9-18-3-5-19(6-4-18)14-8-12(16)11(15(20)21)7-13(14)17/h7-8,10H,3-6,9,17H2,1-2H3,(H,20,21). The van der Waals surface area contributed by atoms with Gasteiger partial charge in [0.05, 0.1) is 16.9 Å². The van der Waals surface area contributed by atoms with E-state index in [1.807, 2.05) is 4.90 Å². The SMILES string of the molecule is CC(C)CN1CCN(c2cc(F)c(C(=O)O)cc2N)CC1. The van der Waals surface area contributed by atoms with Crippen molar-refractivity contribution in [2.24, 2.45) is 5.92 Å². The predicted molar refractivity (Wildman–Crippen MR) is 81.3 cm³/mol. The molecule has 0 spiro atoms. The van der Waals surface area contributed by atoms with E-state index in [1.165, 1.54) is 12.1 Å². The van der Waals surface area contributed by atoms with Crippen LogP contribution in [0, 0.1) is 11.7 Å². The van der Waals surface area contributed by atoms with Crippen LogP contribution < -0.4 is 10.6 Å². The molecular weight excluding hydrogens is 273 g/mol. The van der Waals surface area contributed by atoms with Crippen molar-refractivity contribution in [1.82, 2.24) is 4.90 Å². The van der Waals surface area contributed by atoms with Crippen molar-refractivity contribution in [2.45, 2.75) is 13.8 Å². The molecule has 0 radical (unpaired) electrons. The summed E-state index contributed by atoms with van der Waals surface area (Å²) in [5.74, 6) is -1.42. The van der Waals surface area contributed by atoms with Crippen molar-refractivity contribution in [1.29, 1.82) is 0 Å². The van der Waals surface area contributed by atoms with E-state index >= 15 is 0 Å². The van der Waals surface area contributed by atoms with Gasteiger partial charge in [-0.3, -0.25) is 4.90 Å². The Kier molecular flexibility index (Phi) is 4.67. The summed E-state index contributed by atoms with van der Waals surface area (Å²) in [7, 11) is 0. The summed E-state index contributed by atoms with van der Waals surface area (Å²) < 4.78 is 13.8. The molecule has 1 aromatic rings. The summed E-state index contributed by atoms with van der Waals surface area (Å²) >= 11 is 0. The molecule has 21 heavy (non-hydrogen) atoms. The molecule has 3 N–H and O–H groups in total. The maximum atomic E-state index is 13.8. The lowest BCUT2D eigenvalue weighted by molar-refractivity contribution is 0.0692. The Morgan fingerprint density at radius 3 is 2.48 bits per heavy atom. The largest absolute Gasteiger partial charge is 0.478 e. The van der Waals surface area contributed by atoms with Gasteiger partial charge in [0.15, 0.2) is 0 Å². The minimum atomic E-state index is -1.30. The van der Waals surface area contributed by atoms with Gasteiger partial charge in [0.25, 0.3) is 0 Å². The highest BCUT2D eigenvalue weighted by molar-refractivity contribution is 5.91. The third kappa shape index (κ3) is 3.64. The van der Waals surface area contributed by atoms with Crippen LogP contribution in [0.1, 0.15) is 24.2 Å². The monoisotopic (exact) mass is 295 g/mol. The van der Waals surface area contributed by atoms with E-state index in [9.17, 15) is 9.18 Å². The molecule has 5 nitrogen and oxygen atoms in total. The van der Waals surface area contributed by atoms with Crippen LogP contribution in [0.3, 0.4) is 0 Å². The molecule has 0 atom stereocenters. The first-order chi connectivity index (χ1) is 9.88. The lowest BCUT2D eigenvalue weighted by Crippen LogP contribution is -2.47. The number of nitrogen functional groups attached to an aromatic ring is 1. The molecule has 1 fully saturated rings. The normalized spacial score (nSPS) is 16.5. The number of hydrogen-bond acceptors (Lipinski definition) is 4. The van der Waals surface area contributed by atoms with Gasteiger partial charge in [0.1, 0.15) is 5.82 Å². The summed E-state index contributed by atoms with van der Waals surface area (Å²) in [5, 5.41) is 8.89. The summed E-state index contributed by atoms with van der Waals surface area (Å²) in [4.78, 5) is 15.3. The van der Waals surface area contributed by atoms with Crippen LogP contribution >= 0.6 is 0 Å². The van der Waals surface area contributed by atoms with E-state index in [2.05, 4.69) is 18.7 Å². The molecule has 1 saturated heterocycles. The second-order valence-electron chi connectivity index (χ2n) is 5.88. The number of nitrogens with two attached hydrogens (primary N) is 1. The van der Waals surface area contributed by atoms with Crippen molar-refractivity contribution in [3.05, 3.63) is 23.5 Å². The quantitative estimate of drug-likeness (QED) is 0.830. The van der Waals surface area contributed by atoms with Crippen LogP contribution in [-0.4, -0.2) is 48.7 Å². The van der Waals surface area contributed by atoms with Crippen molar-refractivity contribution in [3.8, 4) is 0 Å². The molecular formula is C15H22FN3O2. The fraction of sp³-hybridized carbons (Fsp3) is 0.533. The average molecular weight is 295 g/mol. The Labute approximate surface area is 124 Å². The first kappa shape index (κ1) is 15.6. The highest BCUT2D eigenvalue weighted by Gasteiger charge is 2.21. The minimum Gasteiger partial charge on any atom is -0.478 e. The molecule has 1 heterocycles. The molecule has 6 heteroatoms. The molecule has 0 aromatic heterocycles. The number of hydrogen-bond donors (Lipinski definition) is 2. The Morgan fingerprint density at radius 1 is 1.33 bits per heavy atom. The molecule has 0 aliphatic carbocycles. The van der Waals surface area contributed by atoms with Crippen molar-refractivity contribution in [3.63, 3.8) is 0 Å². The molecule has 1 aliphatic rings. The fourth-order valence-electron chi connectivity index (χ4n) is 2.71. The third-order valence-electron chi connectivity index (χ3n) is 3.68. The third-order valence-corrected chi connectivity index (χ3v) is 3.68. The lowest BCUT2D eigenvalue weighted by atomic mass is 10.1. The first-order valence-electron chi connectivity index (χ1n) is 7.18. The van der Waals surface area contributed by atoms with E-state index in [1.54, 1.807) is 0 Å². The van der Waals surface area contributed by atoms with Gasteiger partial charge in [-0.05, 0) is 12.0 Å². The van der Waals surface area contributed by atoms with Crippen molar-refractivity contribution < 1.29 is 14.3 Å². The van der Waals surface area contributed by atoms with E-state index in [0.29, 0.717) is 17.3 Å². The Hall–Kier alpha value is -1.82. The maximum Gasteiger partial charge on any atom is 0.338 e. The van der Waals surface area contributed by atoms with Crippen LogP contribution in [0.15, 0.2) is 12.1 Å². The smallest absolute Gasteiger partial charge is 0.338 e. The van der Waals surface area contributed by atoms with E-state index in [-0.39, 0.29) is 5.56 Å². The number of anilines is 2. The number of benzene rings is 1. The van der Waals surface area contributed by atoms with Crippen LogP contribution in [0.2, 0.25) is 0 Å². The van der Waals surface area contributed by atoms with E-state index < -0.39 is 11.8 Å². The predicted octanol–water partition coefficient (Wildman–Crippen LogP) is 1.88. The van der Waals surface area contributed by atoms with Crippen LogP contribution in [0.5, 0.6) is 0 Å². The highest BCUT2D eigenvalue weighted by Crippen LogP contribution is 2.27. The average Bonchev–Trinajstić information content (AvgIpc) is 2.41. The molecule has 1 aliphatic heterocycles. The molecule has 0 unspecified atom stereocenters. The van der Waals surface area contributed by atoms with Gasteiger partial charge in [-0.15, -0.1) is 0 Å². The van der Waals surface area contributed by atoms with Crippen LogP contribution in [-0.2, 0) is 0 Å². The van der Waals surface area contributed by atoms with Gasteiger partial charge in [0, 0.05) is 38.8 Å². The Morgan fingerprint density at radius 2 is 1.95 bits per heavy atom. The van der Waals surface area contributed by atoms with Gasteiger partial charge in [-0.25, -0.2) is 9.18 Å². The second kappa shape index (κ2) is 6.30. The number of carboxylic acids is 1. The van der Waals surface area contributed by atoms with Crippen molar-refractivity contribution >= 4 is 17.3 Å². The van der Waals surface area contributed by atoms with E-state index in [4.69, 9.17) is 10.8 Å². The van der Waals surface area contributed by atoms with Crippen molar-refractivity contribution in [2.75, 3.05) is 43.4 Å². The summed E-state index contributed by atoms with van der Waals surface area (Å²) in [6.07, 6.45) is 0. The molecule has 0 bridgehead atoms. The number of halogens is 1. The fourth-order valence-corrected chi connectivity index (χ4v) is 2.71. The number of carbonyl (C=O) groups is 1. The number of nitrogens with zero attached hydrogens (tertiary/aromatic N) is 2. The number of rotatable bonds is 4. The minimum absolute atomic E-state index is 0.311. The zero-order valence-corrected chi connectivity index (χ0v) is 12.5. The Balaban J connectivity index is 2.10. The number of carboxylic acid groups (broad SMARTS) is 1.